The van der Waals surface area contributed by atoms with Crippen LogP contribution in [0.4, 0.5) is 5.69 Å². The first-order valence-electron chi connectivity index (χ1n) is 11.3. The van der Waals surface area contributed by atoms with Gasteiger partial charge in [0.15, 0.2) is 0 Å². The van der Waals surface area contributed by atoms with Crippen LogP contribution in [0.25, 0.3) is 0 Å². The van der Waals surface area contributed by atoms with Gasteiger partial charge in [-0.25, -0.2) is 5.43 Å². The number of nitrogens with zero attached hydrogens (tertiary/aromatic N) is 1. The van der Waals surface area contributed by atoms with Crippen LogP contribution < -0.4 is 10.7 Å². The summed E-state index contributed by atoms with van der Waals surface area (Å²) >= 11 is 0. The minimum Gasteiger partial charge on any atom is -0.326 e. The molecule has 5 nitrogen and oxygen atoms in total. The van der Waals surface area contributed by atoms with E-state index in [1.165, 1.54) is 44.9 Å². The molecule has 1 fully saturated rings. The number of amides is 2. The minimum absolute atomic E-state index is 0.0366. The molecule has 2 amide bonds. The highest BCUT2D eigenvalue weighted by atomic mass is 16.2. The molecule has 0 atom stereocenters. The first-order chi connectivity index (χ1) is 14.1. The number of carbonyl (C=O) groups is 2. The van der Waals surface area contributed by atoms with Gasteiger partial charge in [0, 0.05) is 18.0 Å². The second kappa shape index (κ2) is 13.1. The fourth-order valence-electron chi connectivity index (χ4n) is 3.27. The lowest BCUT2D eigenvalue weighted by Crippen LogP contribution is -2.19. The van der Waals surface area contributed by atoms with E-state index < -0.39 is 0 Å². The maximum absolute atomic E-state index is 12.0. The molecule has 0 heterocycles. The van der Waals surface area contributed by atoms with E-state index in [9.17, 15) is 9.59 Å². The average Bonchev–Trinajstić information content (AvgIpc) is 3.56. The third kappa shape index (κ3) is 9.73. The molecule has 5 heteroatoms. The predicted molar refractivity (Wildman–Crippen MR) is 120 cm³/mol. The van der Waals surface area contributed by atoms with Crippen LogP contribution in [0.5, 0.6) is 0 Å². The second-order valence-electron chi connectivity index (χ2n) is 8.15. The Morgan fingerprint density at radius 3 is 2.31 bits per heavy atom. The lowest BCUT2D eigenvalue weighted by molar-refractivity contribution is -0.121. The van der Waals surface area contributed by atoms with E-state index in [1.54, 1.807) is 0 Å². The molecule has 1 aromatic carbocycles. The summed E-state index contributed by atoms with van der Waals surface area (Å²) < 4.78 is 0. The van der Waals surface area contributed by atoms with Crippen molar-refractivity contribution in [3.05, 3.63) is 29.8 Å². The largest absolute Gasteiger partial charge is 0.326 e. The molecule has 0 aliphatic heterocycles. The maximum Gasteiger partial charge on any atom is 0.240 e. The van der Waals surface area contributed by atoms with Crippen LogP contribution in [-0.2, 0) is 9.59 Å². The molecule has 1 aliphatic rings. The van der Waals surface area contributed by atoms with Crippen LogP contribution in [0.15, 0.2) is 29.4 Å². The first kappa shape index (κ1) is 23.1. The van der Waals surface area contributed by atoms with Crippen molar-refractivity contribution in [2.75, 3.05) is 5.32 Å². The summed E-state index contributed by atoms with van der Waals surface area (Å²) in [6, 6.07) is 7.59. The van der Waals surface area contributed by atoms with E-state index in [4.69, 9.17) is 0 Å². The van der Waals surface area contributed by atoms with E-state index in [-0.39, 0.29) is 17.7 Å². The highest BCUT2D eigenvalue weighted by Crippen LogP contribution is 2.30. The number of hydrogen-bond donors (Lipinski definition) is 2. The smallest absolute Gasteiger partial charge is 0.240 e. The zero-order valence-corrected chi connectivity index (χ0v) is 18.1. The Bertz CT molecular complexity index is 680. The van der Waals surface area contributed by atoms with Crippen LogP contribution >= 0.6 is 0 Å². The Hall–Kier alpha value is -2.17. The van der Waals surface area contributed by atoms with Gasteiger partial charge < -0.3 is 5.32 Å². The van der Waals surface area contributed by atoms with Crippen LogP contribution in [0, 0.1) is 5.92 Å². The number of nitrogens with one attached hydrogen (secondary N) is 2. The minimum atomic E-state index is -0.0366. The summed E-state index contributed by atoms with van der Waals surface area (Å²) in [5, 5.41) is 7.16. The molecular weight excluding hydrogens is 362 g/mol. The van der Waals surface area contributed by atoms with Crippen molar-refractivity contribution < 1.29 is 9.59 Å². The molecule has 1 saturated carbocycles. The van der Waals surface area contributed by atoms with Crippen molar-refractivity contribution >= 4 is 23.2 Å². The molecule has 0 aromatic heterocycles. The number of anilines is 1. The SMILES string of the molecule is CCCCCCCCCCCC(=O)N/N=C(/C)c1cccc(NC(=O)C2CC2)c1. The average molecular weight is 400 g/mol. The van der Waals surface area contributed by atoms with Gasteiger partial charge in [0.05, 0.1) is 5.71 Å². The van der Waals surface area contributed by atoms with Crippen molar-refractivity contribution in [2.45, 2.75) is 90.9 Å². The Balaban J connectivity index is 1.63. The third-order valence-electron chi connectivity index (χ3n) is 5.35. The van der Waals surface area contributed by atoms with Gasteiger partial charge in [-0.2, -0.15) is 5.10 Å². The highest BCUT2D eigenvalue weighted by molar-refractivity contribution is 6.01. The fraction of sp³-hybridized carbons (Fsp3) is 0.625. The quantitative estimate of drug-likeness (QED) is 0.236. The van der Waals surface area contributed by atoms with E-state index in [0.29, 0.717) is 6.42 Å². The van der Waals surface area contributed by atoms with Gasteiger partial charge in [-0.15, -0.1) is 0 Å². The standard InChI is InChI=1S/C24H37N3O2/c1-3-4-5-6-7-8-9-10-11-15-23(28)27-26-19(2)21-13-12-14-22(18-21)25-24(29)20-16-17-20/h12-14,18,20H,3-11,15-17H2,1-2H3,(H,25,29)(H,27,28)/b26-19-. The monoisotopic (exact) mass is 399 g/mol. The molecule has 1 aliphatic carbocycles. The van der Waals surface area contributed by atoms with Crippen molar-refractivity contribution in [1.29, 1.82) is 0 Å². The molecule has 160 valence electrons. The Morgan fingerprint density at radius 1 is 1.00 bits per heavy atom. The Morgan fingerprint density at radius 2 is 1.66 bits per heavy atom. The van der Waals surface area contributed by atoms with Crippen molar-refractivity contribution in [1.82, 2.24) is 5.43 Å². The lowest BCUT2D eigenvalue weighted by atomic mass is 10.1. The summed E-state index contributed by atoms with van der Waals surface area (Å²) in [5.41, 5.74) is 5.05. The molecular formula is C24H37N3O2. The molecule has 0 radical (unpaired) electrons. The summed E-state index contributed by atoms with van der Waals surface area (Å²) in [7, 11) is 0. The molecule has 1 aromatic rings. The van der Waals surface area contributed by atoms with Gasteiger partial charge in [0.2, 0.25) is 11.8 Å². The number of unbranched alkanes of at least 4 members (excludes halogenated alkanes) is 8. The molecule has 0 bridgehead atoms. The lowest BCUT2D eigenvalue weighted by Gasteiger charge is -2.07. The Labute approximate surface area is 175 Å². The van der Waals surface area contributed by atoms with Crippen molar-refractivity contribution in [2.24, 2.45) is 11.0 Å². The van der Waals surface area contributed by atoms with Gasteiger partial charge in [-0.1, -0.05) is 70.4 Å². The van der Waals surface area contributed by atoms with E-state index in [2.05, 4.69) is 22.8 Å². The van der Waals surface area contributed by atoms with Crippen molar-refractivity contribution in [3.63, 3.8) is 0 Å². The van der Waals surface area contributed by atoms with Crippen LogP contribution in [0.1, 0.15) is 96.5 Å². The zero-order chi connectivity index (χ0) is 20.9. The summed E-state index contributed by atoms with van der Waals surface area (Å²) in [4.78, 5) is 23.9. The van der Waals surface area contributed by atoms with Crippen LogP contribution in [0.2, 0.25) is 0 Å². The maximum atomic E-state index is 12.0. The number of hydrazone groups is 1. The topological polar surface area (TPSA) is 70.6 Å². The number of benzene rings is 1. The van der Waals surface area contributed by atoms with Crippen LogP contribution in [-0.4, -0.2) is 17.5 Å². The molecule has 2 rings (SSSR count). The van der Waals surface area contributed by atoms with Gasteiger partial charge in [-0.3, -0.25) is 9.59 Å². The van der Waals surface area contributed by atoms with E-state index >= 15 is 0 Å². The van der Waals surface area contributed by atoms with Gasteiger partial charge in [0.1, 0.15) is 0 Å². The fourth-order valence-corrected chi connectivity index (χ4v) is 3.27. The summed E-state index contributed by atoms with van der Waals surface area (Å²) in [6.45, 7) is 4.10. The van der Waals surface area contributed by atoms with E-state index in [1.807, 2.05) is 31.2 Å². The second-order valence-corrected chi connectivity index (χ2v) is 8.15. The molecule has 0 saturated heterocycles. The first-order valence-corrected chi connectivity index (χ1v) is 11.3. The molecule has 29 heavy (non-hydrogen) atoms. The van der Waals surface area contributed by atoms with E-state index in [0.717, 1.165) is 42.6 Å². The van der Waals surface area contributed by atoms with Gasteiger partial charge in [-0.05, 0) is 43.9 Å². The van der Waals surface area contributed by atoms with Crippen LogP contribution in [0.3, 0.4) is 0 Å². The zero-order valence-electron chi connectivity index (χ0n) is 18.1. The number of rotatable bonds is 14. The normalized spacial score (nSPS) is 13.9. The summed E-state index contributed by atoms with van der Waals surface area (Å²) in [5.74, 6) is 0.227. The number of hydrogen-bond acceptors (Lipinski definition) is 3. The third-order valence-corrected chi connectivity index (χ3v) is 5.35. The van der Waals surface area contributed by atoms with Crippen molar-refractivity contribution in [3.8, 4) is 0 Å². The molecule has 0 spiro atoms. The van der Waals surface area contributed by atoms with Gasteiger partial charge in [0.25, 0.3) is 0 Å². The highest BCUT2D eigenvalue weighted by Gasteiger charge is 2.29. The molecule has 2 N–H and O–H groups in total. The predicted octanol–water partition coefficient (Wildman–Crippen LogP) is 5.80. The van der Waals surface area contributed by atoms with Gasteiger partial charge >= 0.3 is 0 Å². The Kier molecular flexibility index (Phi) is 10.5. The number of carbonyl (C=O) groups excluding carboxylic acids is 2. The summed E-state index contributed by atoms with van der Waals surface area (Å²) in [6.07, 6.45) is 13.6. The molecule has 0 unspecified atom stereocenters.